The smallest absolute Gasteiger partial charge is 0.345 e. The topological polar surface area (TPSA) is 136 Å². The zero-order valence-electron chi connectivity index (χ0n) is 16.5. The van der Waals surface area contributed by atoms with Crippen molar-refractivity contribution in [1.29, 1.82) is 5.26 Å². The fraction of sp³-hybridized carbons (Fsp3) is 0.0909. The summed E-state index contributed by atoms with van der Waals surface area (Å²) in [5.74, 6) is -2.98. The van der Waals surface area contributed by atoms with Gasteiger partial charge in [-0.05, 0) is 47.5 Å². The van der Waals surface area contributed by atoms with E-state index in [1.807, 2.05) is 12.1 Å². The third-order valence-electron chi connectivity index (χ3n) is 4.52. The molecule has 33 heavy (non-hydrogen) atoms. The van der Waals surface area contributed by atoms with E-state index in [1.54, 1.807) is 18.2 Å². The number of thiophene rings is 4. The SMILES string of the molecule is N#Cc1cc(CC(=O)O)c(-c2ccc(-c3sc(-c4ccc(C(=O)O)s4)cc3CC(=O)O)s2)s1. The molecule has 4 rings (SSSR count). The second-order valence-electron chi connectivity index (χ2n) is 6.82. The number of hydrogen-bond donors (Lipinski definition) is 3. The molecule has 0 saturated carbocycles. The highest BCUT2D eigenvalue weighted by molar-refractivity contribution is 7.29. The van der Waals surface area contributed by atoms with E-state index >= 15 is 0 Å². The number of aliphatic carboxylic acids is 2. The third kappa shape index (κ3) is 4.89. The average molecular weight is 516 g/mol. The Morgan fingerprint density at radius 2 is 1.30 bits per heavy atom. The normalized spacial score (nSPS) is 10.8. The van der Waals surface area contributed by atoms with Gasteiger partial charge >= 0.3 is 17.9 Å². The van der Waals surface area contributed by atoms with Crippen molar-refractivity contribution in [3.05, 3.63) is 57.3 Å². The lowest BCUT2D eigenvalue weighted by Crippen LogP contribution is -1.99. The summed E-state index contributed by atoms with van der Waals surface area (Å²) in [6.45, 7) is 0. The Balaban J connectivity index is 1.76. The van der Waals surface area contributed by atoms with Gasteiger partial charge in [-0.25, -0.2) is 4.79 Å². The van der Waals surface area contributed by atoms with Crippen LogP contribution in [-0.4, -0.2) is 33.2 Å². The van der Waals surface area contributed by atoms with Gasteiger partial charge in [-0.1, -0.05) is 0 Å². The Labute approximate surface area is 203 Å². The maximum atomic E-state index is 11.4. The van der Waals surface area contributed by atoms with Crippen molar-refractivity contribution >= 4 is 63.3 Å². The minimum Gasteiger partial charge on any atom is -0.481 e. The standard InChI is InChI=1S/C22H13NO6S4/c23-9-12-5-10(7-18(24)25)20(30-12)14-2-3-15(32-14)21-11(8-19(26)27)6-17(33-21)13-1-4-16(31-13)22(28)29/h1-6H,7-8H2,(H,24,25)(H,26,27)(H,28,29). The van der Waals surface area contributed by atoms with E-state index in [0.29, 0.717) is 20.9 Å². The fourth-order valence-electron chi connectivity index (χ4n) is 3.21. The molecule has 7 nitrogen and oxygen atoms in total. The number of carbonyl (C=O) groups is 3. The molecule has 11 heteroatoms. The van der Waals surface area contributed by atoms with Crippen LogP contribution in [0.15, 0.2) is 36.4 Å². The van der Waals surface area contributed by atoms with E-state index in [9.17, 15) is 35.0 Å². The molecule has 0 bridgehead atoms. The average Bonchev–Trinajstić information content (AvgIpc) is 3.52. The summed E-state index contributed by atoms with van der Waals surface area (Å²) in [4.78, 5) is 39.2. The third-order valence-corrected chi connectivity index (χ3v) is 9.50. The lowest BCUT2D eigenvalue weighted by atomic mass is 10.1. The number of rotatable bonds is 8. The van der Waals surface area contributed by atoms with E-state index in [0.717, 1.165) is 35.7 Å². The molecule has 0 aliphatic heterocycles. The van der Waals surface area contributed by atoms with Crippen molar-refractivity contribution < 1.29 is 29.7 Å². The largest absolute Gasteiger partial charge is 0.481 e. The second-order valence-corrected chi connectivity index (χ2v) is 11.1. The van der Waals surface area contributed by atoms with Gasteiger partial charge in [0.05, 0.1) is 12.8 Å². The minimum atomic E-state index is -1.01. The maximum Gasteiger partial charge on any atom is 0.345 e. The predicted octanol–water partition coefficient (Wildman–Crippen LogP) is 5.76. The lowest BCUT2D eigenvalue weighted by Gasteiger charge is -1.99. The molecular weight excluding hydrogens is 503 g/mol. The molecule has 0 amide bonds. The highest BCUT2D eigenvalue weighted by atomic mass is 32.1. The number of nitriles is 1. The van der Waals surface area contributed by atoms with E-state index in [4.69, 9.17) is 0 Å². The van der Waals surface area contributed by atoms with E-state index in [1.165, 1.54) is 40.1 Å². The van der Waals surface area contributed by atoms with Gasteiger partial charge in [-0.2, -0.15) is 5.26 Å². The van der Waals surface area contributed by atoms with Gasteiger partial charge in [0.25, 0.3) is 0 Å². The van der Waals surface area contributed by atoms with Crippen LogP contribution in [0.2, 0.25) is 0 Å². The minimum absolute atomic E-state index is 0.182. The molecule has 0 aromatic carbocycles. The number of carboxylic acids is 3. The van der Waals surface area contributed by atoms with E-state index in [2.05, 4.69) is 6.07 Å². The van der Waals surface area contributed by atoms with E-state index in [-0.39, 0.29) is 17.7 Å². The summed E-state index contributed by atoms with van der Waals surface area (Å²) in [7, 11) is 0. The molecule has 0 unspecified atom stereocenters. The van der Waals surface area contributed by atoms with Crippen LogP contribution in [-0.2, 0) is 22.4 Å². The molecule has 0 fully saturated rings. The summed E-state index contributed by atoms with van der Waals surface area (Å²) in [6, 6.07) is 12.4. The highest BCUT2D eigenvalue weighted by Gasteiger charge is 2.20. The van der Waals surface area contributed by atoms with Gasteiger partial charge in [0, 0.05) is 29.3 Å². The van der Waals surface area contributed by atoms with Crippen molar-refractivity contribution in [1.82, 2.24) is 0 Å². The van der Waals surface area contributed by atoms with Gasteiger partial charge in [0.2, 0.25) is 0 Å². The van der Waals surface area contributed by atoms with Crippen LogP contribution in [0.4, 0.5) is 0 Å². The Bertz CT molecular complexity index is 1430. The molecular formula is C22H13NO6S4. The summed E-state index contributed by atoms with van der Waals surface area (Å²) < 4.78 is 0. The molecule has 0 spiro atoms. The van der Waals surface area contributed by atoms with Gasteiger partial charge in [0.1, 0.15) is 15.8 Å². The van der Waals surface area contributed by atoms with Gasteiger partial charge in [0.15, 0.2) is 0 Å². The number of carboxylic acid groups (broad SMARTS) is 3. The molecule has 0 radical (unpaired) electrons. The molecule has 0 atom stereocenters. The molecule has 0 saturated heterocycles. The molecule has 3 N–H and O–H groups in total. The molecule has 4 aromatic rings. The molecule has 0 aliphatic rings. The van der Waals surface area contributed by atoms with Crippen LogP contribution in [0.25, 0.3) is 29.3 Å². The van der Waals surface area contributed by atoms with E-state index < -0.39 is 17.9 Å². The van der Waals surface area contributed by atoms with Gasteiger partial charge < -0.3 is 15.3 Å². The van der Waals surface area contributed by atoms with Crippen LogP contribution in [0, 0.1) is 11.3 Å². The zero-order valence-corrected chi connectivity index (χ0v) is 19.8. The first kappa shape index (κ1) is 22.9. The summed E-state index contributed by atoms with van der Waals surface area (Å²) in [6.07, 6.45) is -0.378. The Kier molecular flexibility index (Phi) is 6.44. The first-order valence-corrected chi connectivity index (χ1v) is 12.5. The zero-order chi connectivity index (χ0) is 23.7. The summed E-state index contributed by atoms with van der Waals surface area (Å²) >= 11 is 5.14. The molecule has 0 aliphatic carbocycles. The quantitative estimate of drug-likeness (QED) is 0.271. The second kappa shape index (κ2) is 9.29. The number of nitrogens with zero attached hydrogens (tertiary/aromatic N) is 1. The van der Waals surface area contributed by atoms with Crippen molar-refractivity contribution in [2.75, 3.05) is 0 Å². The molecule has 4 aromatic heterocycles. The fourth-order valence-corrected chi connectivity index (χ4v) is 7.59. The maximum absolute atomic E-state index is 11.4. The van der Waals surface area contributed by atoms with Crippen molar-refractivity contribution in [3.8, 4) is 35.3 Å². The van der Waals surface area contributed by atoms with Crippen molar-refractivity contribution in [2.24, 2.45) is 0 Å². The molecule has 4 heterocycles. The van der Waals surface area contributed by atoms with Crippen LogP contribution in [0.1, 0.15) is 25.7 Å². The van der Waals surface area contributed by atoms with Crippen LogP contribution in [0.5, 0.6) is 0 Å². The van der Waals surface area contributed by atoms with Crippen LogP contribution >= 0.6 is 45.3 Å². The lowest BCUT2D eigenvalue weighted by molar-refractivity contribution is -0.137. The monoisotopic (exact) mass is 515 g/mol. The van der Waals surface area contributed by atoms with Crippen LogP contribution in [0.3, 0.4) is 0 Å². The Morgan fingerprint density at radius 1 is 0.727 bits per heavy atom. The highest BCUT2D eigenvalue weighted by Crippen LogP contribution is 2.46. The summed E-state index contributed by atoms with van der Waals surface area (Å²) in [5.41, 5.74) is 1.19. The Hall–Kier alpha value is -3.30. The van der Waals surface area contributed by atoms with Crippen LogP contribution < -0.4 is 0 Å². The molecule has 166 valence electrons. The first-order chi connectivity index (χ1) is 15.7. The first-order valence-electron chi connectivity index (χ1n) is 9.28. The van der Waals surface area contributed by atoms with Crippen molar-refractivity contribution in [2.45, 2.75) is 12.8 Å². The summed E-state index contributed by atoms with van der Waals surface area (Å²) in [5, 5.41) is 37.0. The van der Waals surface area contributed by atoms with Crippen molar-refractivity contribution in [3.63, 3.8) is 0 Å². The Morgan fingerprint density at radius 3 is 1.85 bits per heavy atom. The number of hydrogen-bond acceptors (Lipinski definition) is 8. The number of aromatic carboxylic acids is 1. The predicted molar refractivity (Wildman–Crippen MR) is 129 cm³/mol. The van der Waals surface area contributed by atoms with Gasteiger partial charge in [-0.3, -0.25) is 9.59 Å². The van der Waals surface area contributed by atoms with Gasteiger partial charge in [-0.15, -0.1) is 45.3 Å².